The molecule has 0 spiro atoms. The third-order valence-electron chi connectivity index (χ3n) is 8.25. The normalized spacial score (nSPS) is 18.1. The van der Waals surface area contributed by atoms with Gasteiger partial charge in [0.05, 0.1) is 48.4 Å². The minimum absolute atomic E-state index is 0.132. The molecular weight excluding hydrogens is 568 g/mol. The number of amides is 4. The van der Waals surface area contributed by atoms with Crippen LogP contribution in [0.25, 0.3) is 33.2 Å². The molecule has 4 aromatic rings. The number of imidazole rings is 2. The molecule has 2 saturated heterocycles. The number of fused-ring (bicyclic) bond motifs is 2. The second-order valence-electron chi connectivity index (χ2n) is 10.9. The number of alkyl carbamates (subject to hydrolysis) is 2. The number of rotatable bonds is 7. The Hall–Kier alpha value is -5.14. The molecule has 44 heavy (non-hydrogen) atoms. The summed E-state index contributed by atoms with van der Waals surface area (Å²) >= 11 is 0. The summed E-state index contributed by atoms with van der Waals surface area (Å²) in [4.78, 5) is 68.3. The predicted octanol–water partition coefficient (Wildman–Crippen LogP) is 3.15. The molecule has 0 unspecified atom stereocenters. The van der Waals surface area contributed by atoms with E-state index < -0.39 is 12.2 Å². The largest absolute Gasteiger partial charge is 0.453 e. The van der Waals surface area contributed by atoms with Gasteiger partial charge in [0, 0.05) is 13.1 Å². The molecule has 4 heterocycles. The highest BCUT2D eigenvalue weighted by Gasteiger charge is 2.33. The SMILES string of the molecule is COC(=O)NCC(=O)N1CCC[C@H]1c1nc2ccc(-c3ccc4nc([C@@H]5CCCN5C(=O)CNC(=O)OC)[nH]c4c3)cc2[nH]1. The zero-order valence-corrected chi connectivity index (χ0v) is 24.5. The molecule has 230 valence electrons. The van der Waals surface area contributed by atoms with Crippen LogP contribution in [0.2, 0.25) is 0 Å². The number of benzene rings is 2. The zero-order valence-electron chi connectivity index (χ0n) is 24.5. The first-order valence-electron chi connectivity index (χ1n) is 14.6. The van der Waals surface area contributed by atoms with E-state index in [1.807, 2.05) is 36.4 Å². The highest BCUT2D eigenvalue weighted by molar-refractivity contribution is 5.87. The van der Waals surface area contributed by atoms with Gasteiger partial charge < -0.3 is 39.9 Å². The fraction of sp³-hybridized carbons (Fsp3) is 0.400. The fourth-order valence-corrected chi connectivity index (χ4v) is 6.08. The summed E-state index contributed by atoms with van der Waals surface area (Å²) < 4.78 is 9.13. The van der Waals surface area contributed by atoms with Crippen LogP contribution >= 0.6 is 0 Å². The molecule has 2 aromatic heterocycles. The smallest absolute Gasteiger partial charge is 0.407 e. The Morgan fingerprint density at radius 1 is 0.750 bits per heavy atom. The molecular formula is C30H34N8O6. The molecule has 2 aliphatic rings. The molecule has 4 amide bonds. The number of H-pyrrole nitrogens is 2. The summed E-state index contributed by atoms with van der Waals surface area (Å²) in [5.74, 6) is 1.06. The van der Waals surface area contributed by atoms with Crippen LogP contribution in [0.3, 0.4) is 0 Å². The molecule has 0 aliphatic carbocycles. The number of carbonyl (C=O) groups excluding carboxylic acids is 4. The van der Waals surface area contributed by atoms with Crippen LogP contribution in [0.15, 0.2) is 36.4 Å². The van der Waals surface area contributed by atoms with Crippen LogP contribution in [0.5, 0.6) is 0 Å². The van der Waals surface area contributed by atoms with Gasteiger partial charge in [-0.05, 0) is 61.1 Å². The van der Waals surface area contributed by atoms with E-state index in [2.05, 4.69) is 30.1 Å². The average Bonchev–Trinajstić information content (AvgIpc) is 3.85. The summed E-state index contributed by atoms with van der Waals surface area (Å²) in [6, 6.07) is 11.6. The van der Waals surface area contributed by atoms with E-state index in [-0.39, 0.29) is 37.0 Å². The van der Waals surface area contributed by atoms with Gasteiger partial charge in [0.25, 0.3) is 0 Å². The second kappa shape index (κ2) is 12.2. The Bertz CT molecular complexity index is 1600. The summed E-state index contributed by atoms with van der Waals surface area (Å²) in [5, 5.41) is 4.91. The monoisotopic (exact) mass is 602 g/mol. The van der Waals surface area contributed by atoms with Crippen molar-refractivity contribution in [2.24, 2.45) is 0 Å². The highest BCUT2D eigenvalue weighted by Crippen LogP contribution is 2.34. The van der Waals surface area contributed by atoms with Crippen LogP contribution in [0.4, 0.5) is 9.59 Å². The number of ether oxygens (including phenoxy) is 2. The van der Waals surface area contributed by atoms with E-state index in [9.17, 15) is 19.2 Å². The maximum Gasteiger partial charge on any atom is 0.407 e. The minimum atomic E-state index is -0.643. The van der Waals surface area contributed by atoms with Gasteiger partial charge in [-0.2, -0.15) is 0 Å². The first-order valence-corrected chi connectivity index (χ1v) is 14.6. The van der Waals surface area contributed by atoms with E-state index in [0.717, 1.165) is 58.9 Å². The number of aromatic nitrogens is 4. The van der Waals surface area contributed by atoms with Crippen molar-refractivity contribution in [1.29, 1.82) is 0 Å². The van der Waals surface area contributed by atoms with Crippen molar-refractivity contribution < 1.29 is 28.7 Å². The maximum absolute atomic E-state index is 12.8. The third kappa shape index (κ3) is 5.74. The van der Waals surface area contributed by atoms with Crippen molar-refractivity contribution >= 4 is 46.1 Å². The van der Waals surface area contributed by atoms with Gasteiger partial charge in [0.2, 0.25) is 11.8 Å². The van der Waals surface area contributed by atoms with Crippen molar-refractivity contribution in [3.8, 4) is 11.1 Å². The van der Waals surface area contributed by atoms with Gasteiger partial charge >= 0.3 is 12.2 Å². The lowest BCUT2D eigenvalue weighted by Gasteiger charge is -2.23. The number of nitrogens with one attached hydrogen (secondary N) is 4. The Labute approximate surface area is 252 Å². The van der Waals surface area contributed by atoms with Crippen LogP contribution in [0, 0.1) is 0 Å². The molecule has 2 aliphatic heterocycles. The number of hydrogen-bond donors (Lipinski definition) is 4. The zero-order chi connectivity index (χ0) is 30.8. The Morgan fingerprint density at radius 3 is 1.59 bits per heavy atom. The van der Waals surface area contributed by atoms with E-state index >= 15 is 0 Å². The van der Waals surface area contributed by atoms with E-state index in [1.165, 1.54) is 14.2 Å². The Kier molecular flexibility index (Phi) is 8.05. The lowest BCUT2D eigenvalue weighted by atomic mass is 10.0. The summed E-state index contributed by atoms with van der Waals surface area (Å²) in [7, 11) is 2.52. The molecule has 2 atom stereocenters. The minimum Gasteiger partial charge on any atom is -0.453 e. The Morgan fingerprint density at radius 2 is 1.18 bits per heavy atom. The summed E-state index contributed by atoms with van der Waals surface area (Å²) in [6.07, 6.45) is 1.97. The van der Waals surface area contributed by atoms with Crippen molar-refractivity contribution in [3.63, 3.8) is 0 Å². The first kappa shape index (κ1) is 29.0. The summed E-state index contributed by atoms with van der Waals surface area (Å²) in [5.41, 5.74) is 5.28. The molecule has 14 nitrogen and oxygen atoms in total. The quantitative estimate of drug-likeness (QED) is 0.250. The topological polar surface area (TPSA) is 175 Å². The van der Waals surface area contributed by atoms with Gasteiger partial charge in [-0.25, -0.2) is 19.6 Å². The van der Waals surface area contributed by atoms with E-state index in [4.69, 9.17) is 9.97 Å². The van der Waals surface area contributed by atoms with Crippen molar-refractivity contribution in [2.75, 3.05) is 40.4 Å². The maximum atomic E-state index is 12.8. The van der Waals surface area contributed by atoms with Gasteiger partial charge in [-0.1, -0.05) is 12.1 Å². The van der Waals surface area contributed by atoms with Crippen molar-refractivity contribution in [1.82, 2.24) is 40.4 Å². The number of hydrogen-bond acceptors (Lipinski definition) is 8. The van der Waals surface area contributed by atoms with Gasteiger partial charge in [0.15, 0.2) is 0 Å². The molecule has 0 saturated carbocycles. The van der Waals surface area contributed by atoms with Crippen LogP contribution in [0.1, 0.15) is 49.4 Å². The van der Waals surface area contributed by atoms with Gasteiger partial charge in [0.1, 0.15) is 24.7 Å². The second-order valence-corrected chi connectivity index (χ2v) is 10.9. The number of carbonyl (C=O) groups is 4. The van der Waals surface area contributed by atoms with E-state index in [0.29, 0.717) is 24.7 Å². The molecule has 0 radical (unpaired) electrons. The number of methoxy groups -OCH3 is 2. The molecule has 4 N–H and O–H groups in total. The molecule has 6 rings (SSSR count). The number of likely N-dealkylation sites (tertiary alicyclic amines) is 2. The lowest BCUT2D eigenvalue weighted by molar-refractivity contribution is -0.132. The number of nitrogens with zero attached hydrogens (tertiary/aromatic N) is 4. The standard InChI is InChI=1S/C30H34N8O6/c1-43-29(41)31-15-25(39)37-11-3-5-23(37)27-33-19-9-7-17(13-21(19)35-27)18-8-10-20-22(14-18)36-28(34-20)24-6-4-12-38(24)26(40)16-32-30(42)44-2/h7-10,13-14,23-24H,3-6,11-12,15-16H2,1-2H3,(H,31,41)(H,32,42)(H,33,35)(H,34,36)/t23-,24-/m0/s1. The number of aromatic amines is 2. The van der Waals surface area contributed by atoms with Crippen molar-refractivity contribution in [3.05, 3.63) is 48.0 Å². The highest BCUT2D eigenvalue weighted by atomic mass is 16.5. The van der Waals surface area contributed by atoms with Gasteiger partial charge in [-0.3, -0.25) is 9.59 Å². The molecule has 14 heteroatoms. The van der Waals surface area contributed by atoms with Crippen LogP contribution < -0.4 is 10.6 Å². The van der Waals surface area contributed by atoms with Crippen LogP contribution in [-0.2, 0) is 19.1 Å². The van der Waals surface area contributed by atoms with Crippen LogP contribution in [-0.4, -0.2) is 94.1 Å². The van der Waals surface area contributed by atoms with E-state index in [1.54, 1.807) is 9.80 Å². The lowest BCUT2D eigenvalue weighted by Crippen LogP contribution is -2.40. The molecule has 2 aromatic carbocycles. The van der Waals surface area contributed by atoms with Crippen molar-refractivity contribution in [2.45, 2.75) is 37.8 Å². The van der Waals surface area contributed by atoms with Gasteiger partial charge in [-0.15, -0.1) is 0 Å². The third-order valence-corrected chi connectivity index (χ3v) is 8.25. The molecule has 2 fully saturated rings. The Balaban J connectivity index is 1.19. The average molecular weight is 603 g/mol. The summed E-state index contributed by atoms with van der Waals surface area (Å²) in [6.45, 7) is 0.927. The fourth-order valence-electron chi connectivity index (χ4n) is 6.08. The molecule has 0 bridgehead atoms. The first-order chi connectivity index (χ1) is 21.3. The predicted molar refractivity (Wildman–Crippen MR) is 159 cm³/mol.